The molecule has 1 aromatic rings. The van der Waals surface area contributed by atoms with Crippen molar-refractivity contribution in [3.05, 3.63) is 24.7 Å². The van der Waals surface area contributed by atoms with Crippen molar-refractivity contribution in [2.24, 2.45) is 0 Å². The third kappa shape index (κ3) is 4.26. The van der Waals surface area contributed by atoms with E-state index in [1.807, 2.05) is 12.1 Å². The van der Waals surface area contributed by atoms with Crippen LogP contribution in [0.15, 0.2) is 29.1 Å². The topological polar surface area (TPSA) is 13.1 Å². The molecule has 0 saturated heterocycles. The number of furan rings is 1. The van der Waals surface area contributed by atoms with Gasteiger partial charge >= 0.3 is 18.9 Å². The van der Waals surface area contributed by atoms with Gasteiger partial charge in [-0.1, -0.05) is 0 Å². The molecule has 3 heteroatoms. The minimum Gasteiger partial charge on any atom is -1.00 e. The van der Waals surface area contributed by atoms with Crippen LogP contribution in [-0.4, -0.2) is 17.4 Å². The Morgan fingerprint density at radius 3 is 1.71 bits per heavy atom. The van der Waals surface area contributed by atoms with Gasteiger partial charge in [0, 0.05) is 0 Å². The van der Waals surface area contributed by atoms with Gasteiger partial charge in [-0.2, -0.15) is 0 Å². The summed E-state index contributed by atoms with van der Waals surface area (Å²) in [7, 11) is 0. The molecule has 1 nitrogen and oxygen atoms in total. The maximum atomic E-state index is 4.58. The normalized spacial score (nSPS) is 5.71. The molecule has 0 atom stereocenters. The van der Waals surface area contributed by atoms with Gasteiger partial charge < -0.3 is 5.84 Å². The molecule has 0 aliphatic carbocycles. The molecule has 0 unspecified atom stereocenters. The first-order valence-corrected chi connectivity index (χ1v) is 1.47. The molecule has 1 aromatic heterocycles. The molecule has 0 aliphatic rings. The Labute approximate surface area is 66.9 Å². The maximum Gasteiger partial charge on any atom is 1.00 e. The molecule has 34 valence electrons. The van der Waals surface area contributed by atoms with Crippen LogP contribution in [0.3, 0.4) is 0 Å². The molecule has 0 saturated carbocycles. The van der Waals surface area contributed by atoms with Crippen LogP contribution in [0, 0.1) is 0 Å². The van der Waals surface area contributed by atoms with Crippen LogP contribution >= 0.6 is 0 Å². The van der Waals surface area contributed by atoms with Crippen molar-refractivity contribution in [3.63, 3.8) is 0 Å². The summed E-state index contributed by atoms with van der Waals surface area (Å²) in [4.78, 5) is 0. The molecule has 0 spiro atoms. The molecule has 0 aromatic carbocycles. The van der Waals surface area contributed by atoms with E-state index >= 15 is 0 Å². The summed E-state index contributed by atoms with van der Waals surface area (Å²) < 4.78 is 4.58. The summed E-state index contributed by atoms with van der Waals surface area (Å²) in [6.07, 6.45) is 3.25. The van der Waals surface area contributed by atoms with Crippen LogP contribution in [0.5, 0.6) is 0 Å². The van der Waals surface area contributed by atoms with Gasteiger partial charge in [-0.05, 0) is 12.1 Å². The molecule has 0 amide bonds. The fourth-order valence-electron chi connectivity index (χ4n) is 0.227. The average Bonchev–Trinajstić information content (AvgIpc) is 1.76. The summed E-state index contributed by atoms with van der Waals surface area (Å²) in [5, 5.41) is 0. The van der Waals surface area contributed by atoms with E-state index in [2.05, 4.69) is 4.42 Å². The molecule has 7 heavy (non-hydrogen) atoms. The molecular formula is C4H8AlLiO. The van der Waals surface area contributed by atoms with Crippen LogP contribution in [-0.2, 0) is 0 Å². The molecule has 0 N–H and O–H groups in total. The monoisotopic (exact) mass is 106 g/mol. The van der Waals surface area contributed by atoms with Crippen molar-refractivity contribution in [2.75, 3.05) is 0 Å². The van der Waals surface area contributed by atoms with Crippen LogP contribution in [0.25, 0.3) is 0 Å². The average molecular weight is 106 g/mol. The third-order valence-electron chi connectivity index (χ3n) is 0.425. The summed E-state index contributed by atoms with van der Waals surface area (Å²) >= 11 is 0. The predicted molar refractivity (Wildman–Crippen MR) is 29.8 cm³/mol. The second kappa shape index (κ2) is 6.41. The van der Waals surface area contributed by atoms with Gasteiger partial charge in [-0.3, -0.25) is 0 Å². The molecule has 0 bridgehead atoms. The minimum absolute atomic E-state index is 0. The number of rotatable bonds is 0. The second-order valence-electron chi connectivity index (χ2n) is 0.793. The summed E-state index contributed by atoms with van der Waals surface area (Å²) in [6.45, 7) is 0. The van der Waals surface area contributed by atoms with Gasteiger partial charge in [-0.25, -0.2) is 0 Å². The predicted octanol–water partition coefficient (Wildman–Crippen LogP) is -2.79. The van der Waals surface area contributed by atoms with Crippen molar-refractivity contribution < 1.29 is 24.7 Å². The van der Waals surface area contributed by atoms with E-state index in [1.165, 1.54) is 0 Å². The largest absolute Gasteiger partial charge is 1.00 e. The summed E-state index contributed by atoms with van der Waals surface area (Å²) in [5.41, 5.74) is 0. The Kier molecular flexibility index (Phi) is 9.53. The molecule has 0 aliphatic heterocycles. The van der Waals surface area contributed by atoms with Gasteiger partial charge in [-0.15, -0.1) is 0 Å². The van der Waals surface area contributed by atoms with E-state index in [1.54, 1.807) is 12.5 Å². The first-order valence-electron chi connectivity index (χ1n) is 1.47. The van der Waals surface area contributed by atoms with E-state index in [0.717, 1.165) is 0 Å². The van der Waals surface area contributed by atoms with E-state index in [0.29, 0.717) is 0 Å². The standard InChI is InChI=1S/C4H4O.Al.Li.4H/c1-2-4-5-3-1;;;;;;/h1-4H;;;;;;/q;;+1;;;;-1. The van der Waals surface area contributed by atoms with Crippen molar-refractivity contribution in [3.8, 4) is 0 Å². The Morgan fingerprint density at radius 2 is 1.57 bits per heavy atom. The Bertz CT molecular complexity index is 72.5. The van der Waals surface area contributed by atoms with E-state index in [4.69, 9.17) is 0 Å². The van der Waals surface area contributed by atoms with E-state index in [9.17, 15) is 0 Å². The van der Waals surface area contributed by atoms with Gasteiger partial charge in [0.2, 0.25) is 0 Å². The van der Waals surface area contributed by atoms with Crippen LogP contribution < -0.4 is 18.9 Å². The van der Waals surface area contributed by atoms with Gasteiger partial charge in [0.15, 0.2) is 17.4 Å². The van der Waals surface area contributed by atoms with Crippen molar-refractivity contribution in [1.82, 2.24) is 0 Å². The number of hydrogen-bond donors (Lipinski definition) is 0. The van der Waals surface area contributed by atoms with Crippen molar-refractivity contribution in [2.45, 2.75) is 0 Å². The first-order chi connectivity index (χ1) is 2.50. The van der Waals surface area contributed by atoms with Crippen molar-refractivity contribution >= 4 is 17.4 Å². The summed E-state index contributed by atoms with van der Waals surface area (Å²) in [5.74, 6) is 0. The fourth-order valence-corrected chi connectivity index (χ4v) is 0.227. The van der Waals surface area contributed by atoms with Crippen LogP contribution in [0.4, 0.5) is 0 Å². The van der Waals surface area contributed by atoms with Gasteiger partial charge in [0.1, 0.15) is 0 Å². The van der Waals surface area contributed by atoms with Gasteiger partial charge in [0.25, 0.3) is 0 Å². The first kappa shape index (κ1) is 10.4. The number of hydrogen-bond acceptors (Lipinski definition) is 1. The Balaban J connectivity index is -0.0000000833. The zero-order valence-electron chi connectivity index (χ0n) is 4.72. The molecule has 1 heterocycles. The van der Waals surface area contributed by atoms with Crippen molar-refractivity contribution in [1.29, 1.82) is 0 Å². The Morgan fingerprint density at radius 1 is 1.14 bits per heavy atom. The van der Waals surface area contributed by atoms with Crippen LogP contribution in [0.2, 0.25) is 0 Å². The zero-order valence-corrected chi connectivity index (χ0v) is 3.72. The third-order valence-corrected chi connectivity index (χ3v) is 0.425. The van der Waals surface area contributed by atoms with Gasteiger partial charge in [0.05, 0.1) is 12.5 Å². The van der Waals surface area contributed by atoms with Crippen LogP contribution in [0.1, 0.15) is 1.43 Å². The minimum atomic E-state index is 0. The second-order valence-corrected chi connectivity index (χ2v) is 0.793. The smallest absolute Gasteiger partial charge is 1.00 e. The summed E-state index contributed by atoms with van der Waals surface area (Å²) in [6, 6.07) is 3.67. The molecule has 0 fully saturated rings. The van der Waals surface area contributed by atoms with E-state index < -0.39 is 0 Å². The quantitative estimate of drug-likeness (QED) is 0.326. The maximum absolute atomic E-state index is 4.58. The SMILES string of the molecule is [AlH3].[H-].[Li+].c1ccoc1. The molecular weight excluding hydrogens is 98.0 g/mol. The Hall–Kier alpha value is 0.410. The fraction of sp³-hybridized carbons (Fsp3) is 0. The molecule has 0 radical (unpaired) electrons. The van der Waals surface area contributed by atoms with E-state index in [-0.39, 0.29) is 37.6 Å². The zero-order chi connectivity index (χ0) is 3.54. The molecule has 1 rings (SSSR count).